The van der Waals surface area contributed by atoms with E-state index in [2.05, 4.69) is 0 Å². The molecule has 1 aromatic carbocycles. The second-order valence-electron chi connectivity index (χ2n) is 4.70. The smallest absolute Gasteiger partial charge is 0.811 e. The third kappa shape index (κ3) is 10.0. The molecule has 4 N–H and O–H groups in total. The molecule has 0 atom stereocenters. The van der Waals surface area contributed by atoms with Crippen molar-refractivity contribution in [2.45, 2.75) is 12.0 Å². The van der Waals surface area contributed by atoms with E-state index in [0.29, 0.717) is 11.3 Å². The van der Waals surface area contributed by atoms with E-state index in [1.807, 2.05) is 0 Å². The van der Waals surface area contributed by atoms with E-state index >= 15 is 0 Å². The molecule has 0 aromatic heterocycles. The van der Waals surface area contributed by atoms with Crippen molar-refractivity contribution in [1.82, 2.24) is 0 Å². The summed E-state index contributed by atoms with van der Waals surface area (Å²) in [5.74, 6) is 0.470. The van der Waals surface area contributed by atoms with Gasteiger partial charge in [0.1, 0.15) is 12.4 Å². The summed E-state index contributed by atoms with van der Waals surface area (Å²) in [5.41, 5.74) is 5.13. The Morgan fingerprint density at radius 2 is 1.64 bits per heavy atom. The Balaban J connectivity index is 0. The summed E-state index contributed by atoms with van der Waals surface area (Å²) in [6.45, 7) is -0.886. The maximum Gasteiger partial charge on any atom is 1.00 e. The molecule has 0 aliphatic rings. The van der Waals surface area contributed by atoms with E-state index in [4.69, 9.17) is 20.7 Å². The molecule has 0 saturated carbocycles. The van der Waals surface area contributed by atoms with Crippen LogP contribution < -0.4 is 79.4 Å². The standard InChI is InChI=1S/C12H20NO6P.2Na/c13-12(7-14,8-15)9-19-11-3-1-10(2-4-11)5-6-20(16,17)18;;/h1-4,14-15H,5-9,13H2,(H2,16,17,18);;/q;2*+1/p-2. The Hall–Kier alpha value is 1.05. The first-order valence-electron chi connectivity index (χ1n) is 6.01. The van der Waals surface area contributed by atoms with Crippen LogP contribution in [-0.4, -0.2) is 41.7 Å². The summed E-state index contributed by atoms with van der Waals surface area (Å²) in [4.78, 5) is 21.1. The largest absolute Gasteiger partial charge is 1.00 e. The molecule has 0 aliphatic carbocycles. The zero-order valence-corrected chi connectivity index (χ0v) is 17.8. The fourth-order valence-corrected chi connectivity index (χ4v) is 1.92. The molecular formula is C12H18NNa2O6P. The van der Waals surface area contributed by atoms with Crippen LogP contribution in [0.25, 0.3) is 0 Å². The number of aryl methyl sites for hydroxylation is 1. The normalized spacial score (nSPS) is 11.3. The van der Waals surface area contributed by atoms with Crippen LogP contribution in [0, 0.1) is 0 Å². The van der Waals surface area contributed by atoms with Gasteiger partial charge in [0.25, 0.3) is 0 Å². The number of benzene rings is 1. The molecule has 0 unspecified atom stereocenters. The number of hydrogen-bond donors (Lipinski definition) is 3. The molecule has 0 amide bonds. The van der Waals surface area contributed by atoms with Crippen molar-refractivity contribution >= 4 is 7.60 Å². The summed E-state index contributed by atoms with van der Waals surface area (Å²) >= 11 is 0. The van der Waals surface area contributed by atoms with Gasteiger partial charge < -0.3 is 35.0 Å². The van der Waals surface area contributed by atoms with Crippen LogP contribution in [-0.2, 0) is 11.0 Å². The van der Waals surface area contributed by atoms with Gasteiger partial charge in [0.2, 0.25) is 0 Å². The van der Waals surface area contributed by atoms with Crippen LogP contribution >= 0.6 is 7.60 Å². The van der Waals surface area contributed by atoms with Gasteiger partial charge in [0, 0.05) is 0 Å². The quantitative estimate of drug-likeness (QED) is 0.313. The first-order valence-corrected chi connectivity index (χ1v) is 7.74. The van der Waals surface area contributed by atoms with Gasteiger partial charge in [0.05, 0.1) is 18.8 Å². The molecule has 114 valence electrons. The average Bonchev–Trinajstić information content (AvgIpc) is 2.43. The minimum absolute atomic E-state index is 0. The third-order valence-corrected chi connectivity index (χ3v) is 3.53. The molecule has 0 fully saturated rings. The molecule has 0 spiro atoms. The number of ether oxygens (including phenoxy) is 1. The summed E-state index contributed by atoms with van der Waals surface area (Å²) < 4.78 is 15.9. The number of nitrogens with two attached hydrogens (primary N) is 1. The Morgan fingerprint density at radius 3 is 2.05 bits per heavy atom. The number of aliphatic hydroxyl groups excluding tert-OH is 2. The molecule has 0 bridgehead atoms. The fraction of sp³-hybridized carbons (Fsp3) is 0.500. The molecule has 10 heteroatoms. The van der Waals surface area contributed by atoms with Crippen LogP contribution in [0.5, 0.6) is 5.75 Å². The van der Waals surface area contributed by atoms with Crippen molar-refractivity contribution in [2.75, 3.05) is 26.0 Å². The molecule has 1 rings (SSSR count). The molecule has 0 radical (unpaired) electrons. The van der Waals surface area contributed by atoms with E-state index < -0.39 is 32.5 Å². The summed E-state index contributed by atoms with van der Waals surface area (Å²) in [5, 5.41) is 18.0. The van der Waals surface area contributed by atoms with Gasteiger partial charge in [0.15, 0.2) is 0 Å². The summed E-state index contributed by atoms with van der Waals surface area (Å²) in [6.07, 6.45) is -0.271. The van der Waals surface area contributed by atoms with Crippen LogP contribution in [0.1, 0.15) is 5.56 Å². The SMILES string of the molecule is NC(CO)(CO)COc1ccc(CCP(=O)([O-])[O-])cc1.[Na+].[Na+]. The van der Waals surface area contributed by atoms with Crippen LogP contribution in [0.15, 0.2) is 24.3 Å². The molecule has 22 heavy (non-hydrogen) atoms. The van der Waals surface area contributed by atoms with E-state index in [0.717, 1.165) is 0 Å². The van der Waals surface area contributed by atoms with E-state index in [-0.39, 0.29) is 72.1 Å². The predicted molar refractivity (Wildman–Crippen MR) is 69.2 cm³/mol. The van der Waals surface area contributed by atoms with Gasteiger partial charge in [-0.15, -0.1) is 0 Å². The maximum atomic E-state index is 10.5. The van der Waals surface area contributed by atoms with Crippen molar-refractivity contribution in [3.63, 3.8) is 0 Å². The zero-order chi connectivity index (χ0) is 15.2. The van der Waals surface area contributed by atoms with Crippen LogP contribution in [0.2, 0.25) is 0 Å². The number of aliphatic hydroxyl groups is 2. The topological polar surface area (TPSA) is 139 Å². The van der Waals surface area contributed by atoms with E-state index in [1.165, 1.54) is 0 Å². The molecule has 1 aromatic rings. The van der Waals surface area contributed by atoms with Gasteiger partial charge in [-0.05, 0) is 30.3 Å². The van der Waals surface area contributed by atoms with Gasteiger partial charge in [-0.3, -0.25) is 0 Å². The van der Waals surface area contributed by atoms with Gasteiger partial charge in [-0.1, -0.05) is 19.7 Å². The minimum Gasteiger partial charge on any atom is -0.811 e. The monoisotopic (exact) mass is 349 g/mol. The van der Waals surface area contributed by atoms with Crippen molar-refractivity contribution in [1.29, 1.82) is 0 Å². The van der Waals surface area contributed by atoms with Crippen molar-refractivity contribution in [2.24, 2.45) is 5.73 Å². The van der Waals surface area contributed by atoms with Crippen molar-refractivity contribution < 1.29 is 88.4 Å². The number of rotatable bonds is 8. The molecular weight excluding hydrogens is 331 g/mol. The minimum atomic E-state index is -4.49. The molecule has 0 aliphatic heterocycles. The molecule has 0 saturated heterocycles. The van der Waals surface area contributed by atoms with E-state index in [9.17, 15) is 14.4 Å². The van der Waals surface area contributed by atoms with Crippen LogP contribution in [0.3, 0.4) is 0 Å². The third-order valence-electron chi connectivity index (χ3n) is 2.75. The Kier molecular flexibility index (Phi) is 13.3. The second-order valence-corrected chi connectivity index (χ2v) is 6.36. The second kappa shape index (κ2) is 11.6. The van der Waals surface area contributed by atoms with Crippen molar-refractivity contribution in [3.8, 4) is 5.75 Å². The first-order chi connectivity index (χ1) is 9.28. The van der Waals surface area contributed by atoms with Gasteiger partial charge in [-0.2, -0.15) is 0 Å². The first kappa shape index (κ1) is 25.3. The average molecular weight is 349 g/mol. The Labute approximate surface area is 174 Å². The maximum absolute atomic E-state index is 10.5. The van der Waals surface area contributed by atoms with E-state index in [1.54, 1.807) is 24.3 Å². The van der Waals surface area contributed by atoms with Crippen molar-refractivity contribution in [3.05, 3.63) is 29.8 Å². The summed E-state index contributed by atoms with van der Waals surface area (Å²) in [6, 6.07) is 6.48. The number of hydrogen-bond acceptors (Lipinski definition) is 7. The molecule has 7 nitrogen and oxygen atoms in total. The Morgan fingerprint density at radius 1 is 1.14 bits per heavy atom. The fourth-order valence-electron chi connectivity index (χ4n) is 1.39. The zero-order valence-electron chi connectivity index (χ0n) is 12.9. The predicted octanol–water partition coefficient (Wildman–Crippen LogP) is -7.79. The van der Waals surface area contributed by atoms with Crippen LogP contribution in [0.4, 0.5) is 0 Å². The van der Waals surface area contributed by atoms with Gasteiger partial charge >= 0.3 is 59.1 Å². The Bertz CT molecular complexity index is 463. The summed E-state index contributed by atoms with van der Waals surface area (Å²) in [7, 11) is -4.49. The molecule has 0 heterocycles. The van der Waals surface area contributed by atoms with Gasteiger partial charge in [-0.25, -0.2) is 0 Å².